The quantitative estimate of drug-likeness (QED) is 0.415. The smallest absolute Gasteiger partial charge is 0.336 e. The average Bonchev–Trinajstić information content (AvgIpc) is 2.48. The van der Waals surface area contributed by atoms with Crippen molar-refractivity contribution in [2.24, 2.45) is 0 Å². The minimum Gasteiger partial charge on any atom is -0.454 e. The van der Waals surface area contributed by atoms with Crippen molar-refractivity contribution in [3.05, 3.63) is 74.4 Å². The standard InChI is InChI=1S/C16H10FNO5/c1-9-6-16(19)23-15-8-11(3-4-12(9)15)22-14-5-2-10(18(20)21)7-13(14)17/h2-8H,1H3. The Morgan fingerprint density at radius 3 is 2.65 bits per heavy atom. The van der Waals surface area contributed by atoms with E-state index in [1.54, 1.807) is 19.1 Å². The number of benzene rings is 2. The van der Waals surface area contributed by atoms with Crippen LogP contribution >= 0.6 is 0 Å². The summed E-state index contributed by atoms with van der Waals surface area (Å²) in [7, 11) is 0. The Bertz CT molecular complexity index is 980. The Kier molecular flexibility index (Phi) is 3.53. The summed E-state index contributed by atoms with van der Waals surface area (Å²) in [6.45, 7) is 1.77. The van der Waals surface area contributed by atoms with E-state index in [1.165, 1.54) is 18.2 Å². The van der Waals surface area contributed by atoms with E-state index in [4.69, 9.17) is 9.15 Å². The third kappa shape index (κ3) is 2.89. The first-order chi connectivity index (χ1) is 10.9. The summed E-state index contributed by atoms with van der Waals surface area (Å²) in [6, 6.07) is 9.21. The first kappa shape index (κ1) is 14.7. The number of hydrogen-bond donors (Lipinski definition) is 0. The Balaban J connectivity index is 1.98. The highest BCUT2D eigenvalue weighted by molar-refractivity contribution is 5.81. The molecule has 0 spiro atoms. The SMILES string of the molecule is Cc1cc(=O)oc2cc(Oc3ccc([N+](=O)[O-])cc3F)ccc12. The number of nitro benzene ring substituents is 1. The van der Waals surface area contributed by atoms with Crippen molar-refractivity contribution >= 4 is 16.7 Å². The Morgan fingerprint density at radius 1 is 1.17 bits per heavy atom. The highest BCUT2D eigenvalue weighted by Gasteiger charge is 2.13. The molecule has 7 heteroatoms. The van der Waals surface area contributed by atoms with E-state index < -0.39 is 16.4 Å². The topological polar surface area (TPSA) is 82.6 Å². The number of nitrogens with zero attached hydrogens (tertiary/aromatic N) is 1. The zero-order chi connectivity index (χ0) is 16.6. The number of rotatable bonds is 3. The molecule has 0 aliphatic carbocycles. The second kappa shape index (κ2) is 5.53. The van der Waals surface area contributed by atoms with Crippen LogP contribution in [0.5, 0.6) is 11.5 Å². The van der Waals surface area contributed by atoms with E-state index in [9.17, 15) is 19.3 Å². The molecule has 2 aromatic carbocycles. The fourth-order valence-electron chi connectivity index (χ4n) is 2.18. The van der Waals surface area contributed by atoms with Crippen LogP contribution in [-0.2, 0) is 0 Å². The summed E-state index contributed by atoms with van der Waals surface area (Å²) in [5.41, 5.74) is 0.211. The van der Waals surface area contributed by atoms with Crippen molar-refractivity contribution in [1.82, 2.24) is 0 Å². The summed E-state index contributed by atoms with van der Waals surface area (Å²) >= 11 is 0. The predicted octanol–water partition coefficient (Wildman–Crippen LogP) is 3.94. The van der Waals surface area contributed by atoms with Gasteiger partial charge in [-0.3, -0.25) is 10.1 Å². The first-order valence-electron chi connectivity index (χ1n) is 6.60. The minimum atomic E-state index is -0.856. The van der Waals surface area contributed by atoms with Crippen LogP contribution < -0.4 is 10.4 Å². The van der Waals surface area contributed by atoms with Gasteiger partial charge >= 0.3 is 5.63 Å². The van der Waals surface area contributed by atoms with Crippen LogP contribution in [-0.4, -0.2) is 4.92 Å². The molecule has 0 bridgehead atoms. The van der Waals surface area contributed by atoms with Gasteiger partial charge in [0, 0.05) is 23.6 Å². The Labute approximate surface area is 128 Å². The maximum Gasteiger partial charge on any atom is 0.336 e. The summed E-state index contributed by atoms with van der Waals surface area (Å²) in [5, 5.41) is 11.3. The van der Waals surface area contributed by atoms with Gasteiger partial charge in [-0.25, -0.2) is 9.18 Å². The molecule has 0 amide bonds. The van der Waals surface area contributed by atoms with Crippen LogP contribution in [0.2, 0.25) is 0 Å². The first-order valence-corrected chi connectivity index (χ1v) is 6.60. The molecule has 0 atom stereocenters. The van der Waals surface area contributed by atoms with Gasteiger partial charge < -0.3 is 9.15 Å². The highest BCUT2D eigenvalue weighted by atomic mass is 19.1. The molecule has 0 aliphatic rings. The predicted molar refractivity (Wildman–Crippen MR) is 80.3 cm³/mol. The van der Waals surface area contributed by atoms with Gasteiger partial charge in [-0.2, -0.15) is 0 Å². The van der Waals surface area contributed by atoms with Gasteiger partial charge in [0.25, 0.3) is 5.69 Å². The molecule has 1 heterocycles. The second-order valence-corrected chi connectivity index (χ2v) is 4.88. The zero-order valence-electron chi connectivity index (χ0n) is 11.9. The number of non-ortho nitro benzene ring substituents is 1. The third-order valence-corrected chi connectivity index (χ3v) is 3.28. The lowest BCUT2D eigenvalue weighted by Gasteiger charge is -2.08. The Morgan fingerprint density at radius 2 is 1.96 bits per heavy atom. The molecule has 6 nitrogen and oxygen atoms in total. The normalized spacial score (nSPS) is 10.7. The molecule has 1 aromatic heterocycles. The molecular weight excluding hydrogens is 305 g/mol. The van der Waals surface area contributed by atoms with E-state index in [2.05, 4.69) is 0 Å². The number of ether oxygens (including phenoxy) is 1. The van der Waals surface area contributed by atoms with Crippen molar-refractivity contribution in [1.29, 1.82) is 0 Å². The summed E-state index contributed by atoms with van der Waals surface area (Å²) < 4.78 is 24.3. The molecule has 0 unspecified atom stereocenters. The molecule has 0 N–H and O–H groups in total. The van der Waals surface area contributed by atoms with Crippen LogP contribution in [0.15, 0.2) is 51.7 Å². The summed E-state index contributed by atoms with van der Waals surface area (Å²) in [4.78, 5) is 21.3. The molecule has 116 valence electrons. The van der Waals surface area contributed by atoms with E-state index in [0.717, 1.165) is 23.1 Å². The Hall–Kier alpha value is -3.22. The van der Waals surface area contributed by atoms with Crippen LogP contribution in [0.3, 0.4) is 0 Å². The number of fused-ring (bicyclic) bond motifs is 1. The lowest BCUT2D eigenvalue weighted by Crippen LogP contribution is -1.98. The molecule has 0 fully saturated rings. The third-order valence-electron chi connectivity index (χ3n) is 3.28. The molecular formula is C16H10FNO5. The van der Waals surface area contributed by atoms with Crippen LogP contribution in [0.25, 0.3) is 11.0 Å². The van der Waals surface area contributed by atoms with Crippen molar-refractivity contribution < 1.29 is 18.5 Å². The highest BCUT2D eigenvalue weighted by Crippen LogP contribution is 2.29. The maximum atomic E-state index is 13.8. The van der Waals surface area contributed by atoms with Gasteiger partial charge in [0.15, 0.2) is 11.6 Å². The molecule has 0 aliphatic heterocycles. The molecule has 0 radical (unpaired) electrons. The average molecular weight is 315 g/mol. The molecule has 0 saturated heterocycles. The van der Waals surface area contributed by atoms with Gasteiger partial charge in [-0.15, -0.1) is 0 Å². The van der Waals surface area contributed by atoms with E-state index in [1.807, 2.05) is 0 Å². The number of aryl methyl sites for hydroxylation is 1. The van der Waals surface area contributed by atoms with Crippen molar-refractivity contribution in [2.45, 2.75) is 6.92 Å². The second-order valence-electron chi connectivity index (χ2n) is 4.88. The monoisotopic (exact) mass is 315 g/mol. The lowest BCUT2D eigenvalue weighted by atomic mass is 10.1. The van der Waals surface area contributed by atoms with Gasteiger partial charge in [0.05, 0.1) is 11.0 Å². The molecule has 3 aromatic rings. The van der Waals surface area contributed by atoms with Crippen molar-refractivity contribution in [3.8, 4) is 11.5 Å². The molecule has 23 heavy (non-hydrogen) atoms. The van der Waals surface area contributed by atoms with E-state index in [0.29, 0.717) is 5.58 Å². The van der Waals surface area contributed by atoms with Crippen LogP contribution in [0.4, 0.5) is 10.1 Å². The largest absolute Gasteiger partial charge is 0.454 e. The molecule has 0 saturated carbocycles. The number of hydrogen-bond acceptors (Lipinski definition) is 5. The fraction of sp³-hybridized carbons (Fsp3) is 0.0625. The van der Waals surface area contributed by atoms with Gasteiger partial charge in [-0.1, -0.05) is 0 Å². The van der Waals surface area contributed by atoms with E-state index >= 15 is 0 Å². The van der Waals surface area contributed by atoms with Crippen LogP contribution in [0.1, 0.15) is 5.56 Å². The lowest BCUT2D eigenvalue weighted by molar-refractivity contribution is -0.385. The van der Waals surface area contributed by atoms with Gasteiger partial charge in [0.1, 0.15) is 11.3 Å². The van der Waals surface area contributed by atoms with E-state index in [-0.39, 0.29) is 17.2 Å². The fourth-order valence-corrected chi connectivity index (χ4v) is 2.18. The number of nitro groups is 1. The zero-order valence-corrected chi connectivity index (χ0v) is 11.9. The maximum absolute atomic E-state index is 13.8. The van der Waals surface area contributed by atoms with Crippen LogP contribution in [0, 0.1) is 22.9 Å². The van der Waals surface area contributed by atoms with Crippen molar-refractivity contribution in [2.75, 3.05) is 0 Å². The molecule has 3 rings (SSSR count). The van der Waals surface area contributed by atoms with Gasteiger partial charge in [0.2, 0.25) is 0 Å². The van der Waals surface area contributed by atoms with Crippen molar-refractivity contribution in [3.63, 3.8) is 0 Å². The summed E-state index contributed by atoms with van der Waals surface area (Å²) in [5.74, 6) is -0.769. The summed E-state index contributed by atoms with van der Waals surface area (Å²) in [6.07, 6.45) is 0. The van der Waals surface area contributed by atoms with Gasteiger partial charge in [-0.05, 0) is 30.7 Å². The number of halogens is 1. The minimum absolute atomic E-state index is 0.162.